The Morgan fingerprint density at radius 2 is 1.29 bits per heavy atom. The number of anilines is 2. The van der Waals surface area contributed by atoms with Crippen LogP contribution in [-0.4, -0.2) is 12.8 Å². The van der Waals surface area contributed by atoms with Gasteiger partial charge >= 0.3 is 0 Å². The van der Waals surface area contributed by atoms with Crippen LogP contribution in [-0.2, 0) is 0 Å². The van der Waals surface area contributed by atoms with Gasteiger partial charge in [0.2, 0.25) is 0 Å². The maximum Gasteiger partial charge on any atom is 0.185 e. The van der Waals surface area contributed by atoms with Gasteiger partial charge in [0.15, 0.2) is 5.78 Å². The summed E-state index contributed by atoms with van der Waals surface area (Å²) in [5.41, 5.74) is 3.86. The Labute approximate surface area is 142 Å². The van der Waals surface area contributed by atoms with Crippen molar-refractivity contribution >= 4 is 23.2 Å². The van der Waals surface area contributed by atoms with Gasteiger partial charge in [0.05, 0.1) is 0 Å². The number of benzene rings is 3. The summed E-state index contributed by atoms with van der Waals surface area (Å²) in [6.45, 7) is 0. The van der Waals surface area contributed by atoms with Crippen LogP contribution in [0, 0.1) is 0 Å². The summed E-state index contributed by atoms with van der Waals surface area (Å²) in [7, 11) is 2.02. The number of nitrogens with zero attached hydrogens (tertiary/aromatic N) is 1. The molecule has 0 saturated carbocycles. The van der Waals surface area contributed by atoms with Crippen molar-refractivity contribution in [1.29, 1.82) is 0 Å². The van der Waals surface area contributed by atoms with Crippen LogP contribution in [0.2, 0.25) is 0 Å². The molecular formula is C22H19NO. The van der Waals surface area contributed by atoms with Crippen molar-refractivity contribution in [3.63, 3.8) is 0 Å². The van der Waals surface area contributed by atoms with E-state index in [2.05, 4.69) is 17.0 Å². The average Bonchev–Trinajstić information content (AvgIpc) is 2.67. The molecule has 0 bridgehead atoms. The predicted octanol–water partition coefficient (Wildman–Crippen LogP) is 5.35. The number of para-hydroxylation sites is 1. The SMILES string of the molecule is CN(c1ccccc1)c1ccc(C(=O)C=Cc2ccccc2)cc1. The number of hydrogen-bond donors (Lipinski definition) is 0. The first-order valence-corrected chi connectivity index (χ1v) is 7.90. The van der Waals surface area contributed by atoms with Gasteiger partial charge in [0.1, 0.15) is 0 Å². The molecular weight excluding hydrogens is 294 g/mol. The summed E-state index contributed by atoms with van der Waals surface area (Å²) in [6, 6.07) is 27.6. The fourth-order valence-corrected chi connectivity index (χ4v) is 2.48. The van der Waals surface area contributed by atoms with E-state index in [1.54, 1.807) is 6.08 Å². The molecule has 118 valence electrons. The van der Waals surface area contributed by atoms with Gasteiger partial charge in [-0.15, -0.1) is 0 Å². The monoisotopic (exact) mass is 313 g/mol. The second kappa shape index (κ2) is 7.42. The van der Waals surface area contributed by atoms with E-state index in [-0.39, 0.29) is 5.78 Å². The van der Waals surface area contributed by atoms with Crippen molar-refractivity contribution < 1.29 is 4.79 Å². The zero-order chi connectivity index (χ0) is 16.8. The Bertz CT molecular complexity index is 821. The molecule has 0 atom stereocenters. The van der Waals surface area contributed by atoms with Crippen LogP contribution in [0.15, 0.2) is 91.0 Å². The van der Waals surface area contributed by atoms with Crippen LogP contribution in [0.25, 0.3) is 6.08 Å². The van der Waals surface area contributed by atoms with Crippen LogP contribution < -0.4 is 4.90 Å². The van der Waals surface area contributed by atoms with Crippen molar-refractivity contribution in [3.8, 4) is 0 Å². The topological polar surface area (TPSA) is 20.3 Å². The van der Waals surface area contributed by atoms with E-state index >= 15 is 0 Å². The molecule has 2 nitrogen and oxygen atoms in total. The van der Waals surface area contributed by atoms with Crippen molar-refractivity contribution in [3.05, 3.63) is 102 Å². The maximum atomic E-state index is 12.3. The Kier molecular flexibility index (Phi) is 4.87. The highest BCUT2D eigenvalue weighted by Gasteiger charge is 2.05. The zero-order valence-corrected chi connectivity index (χ0v) is 13.6. The highest BCUT2D eigenvalue weighted by Crippen LogP contribution is 2.23. The number of hydrogen-bond acceptors (Lipinski definition) is 2. The number of ketones is 1. The molecule has 3 rings (SSSR count). The molecule has 0 unspecified atom stereocenters. The number of carbonyl (C=O) groups is 1. The summed E-state index contributed by atoms with van der Waals surface area (Å²) in [6.07, 6.45) is 3.46. The quantitative estimate of drug-likeness (QED) is 0.467. The second-order valence-corrected chi connectivity index (χ2v) is 5.55. The molecule has 0 radical (unpaired) electrons. The van der Waals surface area contributed by atoms with E-state index in [0.717, 1.165) is 16.9 Å². The third kappa shape index (κ3) is 3.79. The first-order chi connectivity index (χ1) is 11.7. The minimum absolute atomic E-state index is 0.00719. The number of carbonyl (C=O) groups excluding carboxylic acids is 1. The fourth-order valence-electron chi connectivity index (χ4n) is 2.48. The third-order valence-corrected chi connectivity index (χ3v) is 3.91. The molecule has 0 saturated heterocycles. The maximum absolute atomic E-state index is 12.3. The lowest BCUT2D eigenvalue weighted by Gasteiger charge is -2.19. The molecule has 3 aromatic carbocycles. The van der Waals surface area contributed by atoms with Gasteiger partial charge in [0.25, 0.3) is 0 Å². The summed E-state index contributed by atoms with van der Waals surface area (Å²) in [4.78, 5) is 14.4. The zero-order valence-electron chi connectivity index (χ0n) is 13.6. The van der Waals surface area contributed by atoms with Gasteiger partial charge in [0, 0.05) is 24.0 Å². The van der Waals surface area contributed by atoms with Crippen LogP contribution in [0.1, 0.15) is 15.9 Å². The summed E-state index contributed by atoms with van der Waals surface area (Å²) < 4.78 is 0. The lowest BCUT2D eigenvalue weighted by molar-refractivity contribution is 0.104. The molecule has 0 aromatic heterocycles. The van der Waals surface area contributed by atoms with Crippen LogP contribution in [0.3, 0.4) is 0 Å². The van der Waals surface area contributed by atoms with Crippen LogP contribution in [0.5, 0.6) is 0 Å². The second-order valence-electron chi connectivity index (χ2n) is 5.55. The number of rotatable bonds is 5. The Morgan fingerprint density at radius 1 is 0.750 bits per heavy atom. The molecule has 3 aromatic rings. The van der Waals surface area contributed by atoms with Gasteiger partial charge < -0.3 is 4.90 Å². The lowest BCUT2D eigenvalue weighted by atomic mass is 10.1. The average molecular weight is 313 g/mol. The first kappa shape index (κ1) is 15.8. The molecule has 0 aliphatic rings. The highest BCUT2D eigenvalue weighted by atomic mass is 16.1. The third-order valence-electron chi connectivity index (χ3n) is 3.91. The number of allylic oxidation sites excluding steroid dienone is 1. The highest BCUT2D eigenvalue weighted by molar-refractivity contribution is 6.07. The Balaban J connectivity index is 1.72. The van der Waals surface area contributed by atoms with Crippen molar-refractivity contribution in [2.24, 2.45) is 0 Å². The Morgan fingerprint density at radius 3 is 1.92 bits per heavy atom. The molecule has 0 aliphatic heterocycles. The molecule has 0 heterocycles. The molecule has 2 heteroatoms. The summed E-state index contributed by atoms with van der Waals surface area (Å²) in [5, 5.41) is 0. The van der Waals surface area contributed by atoms with Crippen LogP contribution >= 0.6 is 0 Å². The Hall–Kier alpha value is -3.13. The largest absolute Gasteiger partial charge is 0.345 e. The molecule has 24 heavy (non-hydrogen) atoms. The minimum atomic E-state index is 0.00719. The van der Waals surface area contributed by atoms with Crippen molar-refractivity contribution in [2.45, 2.75) is 0 Å². The van der Waals surface area contributed by atoms with E-state index in [0.29, 0.717) is 5.56 Å². The van der Waals surface area contributed by atoms with E-state index < -0.39 is 0 Å². The van der Waals surface area contributed by atoms with Gasteiger partial charge in [-0.05, 0) is 48.0 Å². The molecule has 0 fully saturated rings. The van der Waals surface area contributed by atoms with Crippen molar-refractivity contribution in [2.75, 3.05) is 11.9 Å². The molecule has 0 aliphatic carbocycles. The summed E-state index contributed by atoms with van der Waals surface area (Å²) >= 11 is 0. The molecule has 0 N–H and O–H groups in total. The standard InChI is InChI=1S/C22H19NO/c1-23(20-10-6-3-7-11-20)21-15-13-19(14-16-21)22(24)17-12-18-8-4-2-5-9-18/h2-17H,1H3. The predicted molar refractivity (Wildman–Crippen MR) is 101 cm³/mol. The van der Waals surface area contributed by atoms with Crippen LogP contribution in [0.4, 0.5) is 11.4 Å². The van der Waals surface area contributed by atoms with E-state index in [4.69, 9.17) is 0 Å². The van der Waals surface area contributed by atoms with Gasteiger partial charge in [-0.1, -0.05) is 54.6 Å². The molecule has 0 amide bonds. The van der Waals surface area contributed by atoms with Gasteiger partial charge in [-0.25, -0.2) is 0 Å². The van der Waals surface area contributed by atoms with Crippen molar-refractivity contribution in [1.82, 2.24) is 0 Å². The minimum Gasteiger partial charge on any atom is -0.345 e. The normalized spacial score (nSPS) is 10.7. The van der Waals surface area contributed by atoms with Gasteiger partial charge in [-0.2, -0.15) is 0 Å². The first-order valence-electron chi connectivity index (χ1n) is 7.90. The van der Waals surface area contributed by atoms with E-state index in [1.165, 1.54) is 0 Å². The molecule has 0 spiro atoms. The van der Waals surface area contributed by atoms with Gasteiger partial charge in [-0.3, -0.25) is 4.79 Å². The van der Waals surface area contributed by atoms with E-state index in [1.807, 2.05) is 85.9 Å². The fraction of sp³-hybridized carbons (Fsp3) is 0.0455. The summed E-state index contributed by atoms with van der Waals surface area (Å²) in [5.74, 6) is 0.00719. The lowest BCUT2D eigenvalue weighted by Crippen LogP contribution is -2.09. The smallest absolute Gasteiger partial charge is 0.185 e. The van der Waals surface area contributed by atoms with E-state index in [9.17, 15) is 4.79 Å².